The third-order valence-corrected chi connectivity index (χ3v) is 3.74. The lowest BCUT2D eigenvalue weighted by molar-refractivity contribution is -0.0337. The zero-order chi connectivity index (χ0) is 13.9. The molecule has 1 saturated heterocycles. The quantitative estimate of drug-likeness (QED) is 0.931. The molecular weight excluding hydrogens is 250 g/mol. The summed E-state index contributed by atoms with van der Waals surface area (Å²) >= 11 is 0. The van der Waals surface area contributed by atoms with Gasteiger partial charge in [-0.1, -0.05) is 12.1 Å². The molecule has 2 unspecified atom stereocenters. The third-order valence-electron chi connectivity index (χ3n) is 3.74. The fourth-order valence-corrected chi connectivity index (χ4v) is 2.97. The van der Waals surface area contributed by atoms with E-state index in [1.165, 1.54) is 0 Å². The minimum Gasteiger partial charge on any atom is -0.380 e. The van der Waals surface area contributed by atoms with Crippen LogP contribution in [0, 0.1) is 0 Å². The fraction of sp³-hybridized carbons (Fsp3) is 0.438. The SMILES string of the molecule is CC1CC(Nc2ccccc2-n2ccnc2)CC(C)O1. The van der Waals surface area contributed by atoms with Crippen molar-refractivity contribution in [2.24, 2.45) is 0 Å². The van der Waals surface area contributed by atoms with Crippen LogP contribution in [0.15, 0.2) is 43.0 Å². The van der Waals surface area contributed by atoms with Gasteiger partial charge < -0.3 is 14.6 Å². The van der Waals surface area contributed by atoms with Gasteiger partial charge in [0, 0.05) is 18.4 Å². The number of hydrogen-bond donors (Lipinski definition) is 1. The van der Waals surface area contributed by atoms with Gasteiger partial charge in [-0.3, -0.25) is 0 Å². The van der Waals surface area contributed by atoms with Crippen LogP contribution in [0.2, 0.25) is 0 Å². The molecule has 0 saturated carbocycles. The van der Waals surface area contributed by atoms with E-state index in [0.29, 0.717) is 18.2 Å². The van der Waals surface area contributed by atoms with Gasteiger partial charge in [-0.15, -0.1) is 0 Å². The van der Waals surface area contributed by atoms with Crippen molar-refractivity contribution in [2.75, 3.05) is 5.32 Å². The molecule has 1 aromatic heterocycles. The van der Waals surface area contributed by atoms with Gasteiger partial charge in [-0.05, 0) is 38.8 Å². The number of ether oxygens (including phenoxy) is 1. The molecule has 2 aromatic rings. The molecule has 20 heavy (non-hydrogen) atoms. The Kier molecular flexibility index (Phi) is 3.74. The van der Waals surface area contributed by atoms with Gasteiger partial charge in [0.05, 0.1) is 29.9 Å². The molecule has 4 nitrogen and oxygen atoms in total. The molecule has 0 amide bonds. The van der Waals surface area contributed by atoms with Crippen molar-refractivity contribution in [1.82, 2.24) is 9.55 Å². The molecular formula is C16H21N3O. The van der Waals surface area contributed by atoms with E-state index in [4.69, 9.17) is 4.74 Å². The molecule has 0 radical (unpaired) electrons. The lowest BCUT2D eigenvalue weighted by Crippen LogP contribution is -2.37. The van der Waals surface area contributed by atoms with Gasteiger partial charge in [0.15, 0.2) is 0 Å². The summed E-state index contributed by atoms with van der Waals surface area (Å²) in [6.07, 6.45) is 8.32. The Bertz CT molecular complexity index is 543. The van der Waals surface area contributed by atoms with Crippen molar-refractivity contribution in [1.29, 1.82) is 0 Å². The molecule has 2 atom stereocenters. The van der Waals surface area contributed by atoms with Crippen molar-refractivity contribution in [3.63, 3.8) is 0 Å². The van der Waals surface area contributed by atoms with Crippen LogP contribution in [-0.2, 0) is 4.74 Å². The fourth-order valence-electron chi connectivity index (χ4n) is 2.97. The van der Waals surface area contributed by atoms with Gasteiger partial charge in [0.25, 0.3) is 0 Å². The minimum atomic E-state index is 0.316. The van der Waals surface area contributed by atoms with Gasteiger partial charge in [-0.25, -0.2) is 4.98 Å². The van der Waals surface area contributed by atoms with Gasteiger partial charge >= 0.3 is 0 Å². The van der Waals surface area contributed by atoms with Gasteiger partial charge in [0.2, 0.25) is 0 Å². The largest absolute Gasteiger partial charge is 0.380 e. The Balaban J connectivity index is 1.81. The first-order valence-electron chi connectivity index (χ1n) is 7.21. The lowest BCUT2D eigenvalue weighted by Gasteiger charge is -2.33. The lowest BCUT2D eigenvalue weighted by atomic mass is 9.99. The van der Waals surface area contributed by atoms with Crippen molar-refractivity contribution in [3.05, 3.63) is 43.0 Å². The molecule has 1 fully saturated rings. The highest BCUT2D eigenvalue weighted by Gasteiger charge is 2.24. The molecule has 0 bridgehead atoms. The number of para-hydroxylation sites is 2. The number of hydrogen-bond acceptors (Lipinski definition) is 3. The highest BCUT2D eigenvalue weighted by molar-refractivity contribution is 5.61. The van der Waals surface area contributed by atoms with E-state index < -0.39 is 0 Å². The smallest absolute Gasteiger partial charge is 0.0992 e. The number of nitrogens with zero attached hydrogens (tertiary/aromatic N) is 2. The first-order valence-corrected chi connectivity index (χ1v) is 7.21. The average molecular weight is 271 g/mol. The number of aromatic nitrogens is 2. The Hall–Kier alpha value is -1.81. The van der Waals surface area contributed by atoms with E-state index in [0.717, 1.165) is 24.2 Å². The van der Waals surface area contributed by atoms with Gasteiger partial charge in [-0.2, -0.15) is 0 Å². The maximum absolute atomic E-state index is 5.80. The maximum Gasteiger partial charge on any atom is 0.0992 e. The van der Waals surface area contributed by atoms with Crippen molar-refractivity contribution in [2.45, 2.75) is 44.9 Å². The first kappa shape index (κ1) is 13.2. The molecule has 1 aromatic carbocycles. The highest BCUT2D eigenvalue weighted by Crippen LogP contribution is 2.26. The zero-order valence-corrected chi connectivity index (χ0v) is 12.0. The highest BCUT2D eigenvalue weighted by atomic mass is 16.5. The molecule has 0 spiro atoms. The second-order valence-electron chi connectivity index (χ2n) is 5.56. The van der Waals surface area contributed by atoms with E-state index in [-0.39, 0.29) is 0 Å². The predicted octanol–water partition coefficient (Wildman–Crippen LogP) is 3.24. The van der Waals surface area contributed by atoms with Crippen LogP contribution in [-0.4, -0.2) is 27.8 Å². The molecule has 106 valence electrons. The van der Waals surface area contributed by atoms with Crippen molar-refractivity contribution < 1.29 is 4.74 Å². The predicted molar refractivity (Wildman–Crippen MR) is 80.2 cm³/mol. The number of rotatable bonds is 3. The molecule has 4 heteroatoms. The second-order valence-corrected chi connectivity index (χ2v) is 5.56. The van der Waals surface area contributed by atoms with Crippen LogP contribution in [0.5, 0.6) is 0 Å². The Labute approximate surface area is 119 Å². The molecule has 0 aliphatic carbocycles. The van der Waals surface area contributed by atoms with Crippen molar-refractivity contribution >= 4 is 5.69 Å². The summed E-state index contributed by atoms with van der Waals surface area (Å²) in [6.45, 7) is 4.29. The van der Waals surface area contributed by atoms with Crippen LogP contribution >= 0.6 is 0 Å². The molecule has 2 heterocycles. The summed E-state index contributed by atoms with van der Waals surface area (Å²) < 4.78 is 7.84. The van der Waals surface area contributed by atoms with Gasteiger partial charge in [0.1, 0.15) is 0 Å². The monoisotopic (exact) mass is 271 g/mol. The normalized spacial score (nSPS) is 26.4. The van der Waals surface area contributed by atoms with Crippen LogP contribution in [0.25, 0.3) is 5.69 Å². The summed E-state index contributed by atoms with van der Waals surface area (Å²) in [4.78, 5) is 4.13. The molecule has 1 aliphatic rings. The number of anilines is 1. The van der Waals surface area contributed by atoms with Crippen LogP contribution in [0.4, 0.5) is 5.69 Å². The number of nitrogens with one attached hydrogen (secondary N) is 1. The van der Waals surface area contributed by atoms with Crippen LogP contribution < -0.4 is 5.32 Å². The summed E-state index contributed by atoms with van der Waals surface area (Å²) in [6, 6.07) is 8.81. The second kappa shape index (κ2) is 5.67. The molecule has 3 rings (SSSR count). The summed E-state index contributed by atoms with van der Waals surface area (Å²) in [5.41, 5.74) is 2.29. The summed E-state index contributed by atoms with van der Waals surface area (Å²) in [5, 5.41) is 3.67. The van der Waals surface area contributed by atoms with E-state index in [1.807, 2.05) is 17.1 Å². The topological polar surface area (TPSA) is 39.1 Å². The molecule has 1 aliphatic heterocycles. The van der Waals surface area contributed by atoms with E-state index in [2.05, 4.69) is 48.4 Å². The standard InChI is InChI=1S/C16H21N3O/c1-12-9-14(10-13(2)20-12)18-15-5-3-4-6-16(15)19-8-7-17-11-19/h3-8,11-14,18H,9-10H2,1-2H3. The van der Waals surface area contributed by atoms with E-state index in [1.54, 1.807) is 6.20 Å². The Morgan fingerprint density at radius 2 is 1.95 bits per heavy atom. The van der Waals surface area contributed by atoms with E-state index >= 15 is 0 Å². The Morgan fingerprint density at radius 3 is 2.65 bits per heavy atom. The summed E-state index contributed by atoms with van der Waals surface area (Å²) in [7, 11) is 0. The number of imidazole rings is 1. The average Bonchev–Trinajstić information content (AvgIpc) is 2.92. The third kappa shape index (κ3) is 2.85. The molecule has 1 N–H and O–H groups in total. The first-order chi connectivity index (χ1) is 9.72. The van der Waals surface area contributed by atoms with E-state index in [9.17, 15) is 0 Å². The summed E-state index contributed by atoms with van der Waals surface area (Å²) in [5.74, 6) is 0. The number of benzene rings is 1. The maximum atomic E-state index is 5.80. The Morgan fingerprint density at radius 1 is 1.20 bits per heavy atom. The minimum absolute atomic E-state index is 0.316. The zero-order valence-electron chi connectivity index (χ0n) is 12.0. The van der Waals surface area contributed by atoms with Crippen LogP contribution in [0.3, 0.4) is 0 Å². The van der Waals surface area contributed by atoms with Crippen LogP contribution in [0.1, 0.15) is 26.7 Å². The van der Waals surface area contributed by atoms with Crippen molar-refractivity contribution in [3.8, 4) is 5.69 Å².